The molecule has 0 atom stereocenters. The molecule has 0 amide bonds. The van der Waals surface area contributed by atoms with Gasteiger partial charge < -0.3 is 4.74 Å². The Balaban J connectivity index is 1.60. The summed E-state index contributed by atoms with van der Waals surface area (Å²) >= 11 is 3.63. The molecule has 25 heavy (non-hydrogen) atoms. The van der Waals surface area contributed by atoms with E-state index in [9.17, 15) is 0 Å². The van der Waals surface area contributed by atoms with Gasteiger partial charge in [-0.2, -0.15) is 0 Å². The molecule has 3 rings (SSSR count). The summed E-state index contributed by atoms with van der Waals surface area (Å²) in [5.74, 6) is 1.88. The average Bonchev–Trinajstić information content (AvgIpc) is 2.67. The predicted octanol–water partition coefficient (Wildman–Crippen LogP) is 7.42. The van der Waals surface area contributed by atoms with Gasteiger partial charge in [0.2, 0.25) is 0 Å². The average molecular weight is 401 g/mol. The molecule has 1 aliphatic carbocycles. The molecular weight excluding hydrogens is 372 g/mol. The summed E-state index contributed by atoms with van der Waals surface area (Å²) in [6, 6.07) is 15.5. The molecule has 0 saturated heterocycles. The fourth-order valence-electron chi connectivity index (χ4n) is 3.72. The third-order valence-electron chi connectivity index (χ3n) is 5.25. The number of halogens is 1. The molecule has 1 saturated carbocycles. The zero-order valence-electron chi connectivity index (χ0n) is 15.3. The van der Waals surface area contributed by atoms with Gasteiger partial charge >= 0.3 is 0 Å². The van der Waals surface area contributed by atoms with E-state index in [1.807, 2.05) is 0 Å². The Kier molecular flexibility index (Phi) is 6.98. The van der Waals surface area contributed by atoms with Gasteiger partial charge in [0.15, 0.2) is 0 Å². The van der Waals surface area contributed by atoms with Gasteiger partial charge in [-0.3, -0.25) is 0 Å². The van der Waals surface area contributed by atoms with E-state index in [0.717, 1.165) is 29.2 Å². The first-order valence-corrected chi connectivity index (χ1v) is 10.6. The summed E-state index contributed by atoms with van der Waals surface area (Å²) in [7, 11) is 0. The Morgan fingerprint density at radius 2 is 1.68 bits per heavy atom. The summed E-state index contributed by atoms with van der Waals surface area (Å²) in [5, 5.41) is 0. The molecule has 0 unspecified atom stereocenters. The van der Waals surface area contributed by atoms with E-state index in [0.29, 0.717) is 0 Å². The lowest BCUT2D eigenvalue weighted by Crippen LogP contribution is -2.07. The van der Waals surface area contributed by atoms with E-state index in [4.69, 9.17) is 4.74 Å². The van der Waals surface area contributed by atoms with Crippen molar-refractivity contribution in [3.8, 4) is 16.9 Å². The molecule has 0 N–H and O–H groups in total. The van der Waals surface area contributed by atoms with Crippen LogP contribution in [0.1, 0.15) is 57.4 Å². The van der Waals surface area contributed by atoms with Gasteiger partial charge in [0.05, 0.1) is 11.1 Å². The molecule has 1 fully saturated rings. The SMILES string of the molecule is CCCOc1ccc(-c2ccc(CCC3CCCCC3)cc2)cc1Br. The molecule has 1 aliphatic rings. The summed E-state index contributed by atoms with van der Waals surface area (Å²) in [4.78, 5) is 0. The summed E-state index contributed by atoms with van der Waals surface area (Å²) in [5.41, 5.74) is 3.97. The van der Waals surface area contributed by atoms with Crippen LogP contribution in [0.5, 0.6) is 5.75 Å². The number of benzene rings is 2. The first-order chi connectivity index (χ1) is 12.3. The second-order valence-corrected chi connectivity index (χ2v) is 8.09. The number of ether oxygens (including phenoxy) is 1. The van der Waals surface area contributed by atoms with Gasteiger partial charge in [-0.1, -0.05) is 69.4 Å². The van der Waals surface area contributed by atoms with E-state index >= 15 is 0 Å². The third kappa shape index (κ3) is 5.34. The zero-order valence-corrected chi connectivity index (χ0v) is 16.9. The standard InChI is InChI=1S/C23H29BrO/c1-2-16-25-23-15-14-21(17-22(23)24)20-12-10-19(11-13-20)9-8-18-6-4-3-5-7-18/h10-15,17-18H,2-9,16H2,1H3. The lowest BCUT2D eigenvalue weighted by Gasteiger charge is -2.21. The van der Waals surface area contributed by atoms with Crippen molar-refractivity contribution in [1.29, 1.82) is 0 Å². The van der Waals surface area contributed by atoms with Gasteiger partial charge in [-0.15, -0.1) is 0 Å². The van der Waals surface area contributed by atoms with Crippen LogP contribution >= 0.6 is 15.9 Å². The Morgan fingerprint density at radius 3 is 2.36 bits per heavy atom. The van der Waals surface area contributed by atoms with Crippen molar-refractivity contribution in [3.63, 3.8) is 0 Å². The van der Waals surface area contributed by atoms with Crippen LogP contribution in [0.4, 0.5) is 0 Å². The lowest BCUT2D eigenvalue weighted by atomic mass is 9.85. The van der Waals surface area contributed by atoms with Gasteiger partial charge in [0.1, 0.15) is 5.75 Å². The molecule has 2 aromatic rings. The van der Waals surface area contributed by atoms with Crippen molar-refractivity contribution < 1.29 is 4.74 Å². The Labute approximate surface area is 160 Å². The fraction of sp³-hybridized carbons (Fsp3) is 0.478. The first kappa shape index (κ1) is 18.5. The largest absolute Gasteiger partial charge is 0.492 e. The Hall–Kier alpha value is -1.28. The van der Waals surface area contributed by atoms with Crippen LogP contribution in [0.15, 0.2) is 46.9 Å². The van der Waals surface area contributed by atoms with Crippen molar-refractivity contribution in [2.75, 3.05) is 6.61 Å². The van der Waals surface area contributed by atoms with Crippen LogP contribution < -0.4 is 4.74 Å². The molecule has 0 radical (unpaired) electrons. The number of hydrogen-bond donors (Lipinski definition) is 0. The fourth-order valence-corrected chi connectivity index (χ4v) is 4.21. The van der Waals surface area contributed by atoms with Gasteiger partial charge in [0.25, 0.3) is 0 Å². The van der Waals surface area contributed by atoms with Crippen molar-refractivity contribution in [1.82, 2.24) is 0 Å². The monoisotopic (exact) mass is 400 g/mol. The summed E-state index contributed by atoms with van der Waals surface area (Å²) < 4.78 is 6.77. The van der Waals surface area contributed by atoms with E-state index in [-0.39, 0.29) is 0 Å². The number of aryl methyl sites for hydroxylation is 1. The first-order valence-electron chi connectivity index (χ1n) is 9.78. The molecule has 2 aromatic carbocycles. The number of hydrogen-bond acceptors (Lipinski definition) is 1. The topological polar surface area (TPSA) is 9.23 Å². The van der Waals surface area contributed by atoms with Crippen molar-refractivity contribution in [2.24, 2.45) is 5.92 Å². The maximum atomic E-state index is 5.74. The second kappa shape index (κ2) is 9.43. The quantitative estimate of drug-likeness (QED) is 0.469. The number of rotatable bonds is 7. The van der Waals surface area contributed by atoms with Crippen LogP contribution in [0.25, 0.3) is 11.1 Å². The van der Waals surface area contributed by atoms with Crippen molar-refractivity contribution >= 4 is 15.9 Å². The maximum Gasteiger partial charge on any atom is 0.133 e. The minimum atomic E-state index is 0.758. The normalized spacial score (nSPS) is 15.3. The molecule has 134 valence electrons. The van der Waals surface area contributed by atoms with E-state index < -0.39 is 0 Å². The maximum absolute atomic E-state index is 5.74. The van der Waals surface area contributed by atoms with Crippen LogP contribution in [0.3, 0.4) is 0 Å². The minimum Gasteiger partial charge on any atom is -0.492 e. The highest BCUT2D eigenvalue weighted by Gasteiger charge is 2.13. The smallest absolute Gasteiger partial charge is 0.133 e. The molecule has 2 heteroatoms. The lowest BCUT2D eigenvalue weighted by molar-refractivity contribution is 0.315. The van der Waals surface area contributed by atoms with Crippen molar-refractivity contribution in [2.45, 2.75) is 58.3 Å². The van der Waals surface area contributed by atoms with Crippen LogP contribution in [0.2, 0.25) is 0 Å². The van der Waals surface area contributed by atoms with Gasteiger partial charge in [-0.25, -0.2) is 0 Å². The van der Waals surface area contributed by atoms with Crippen LogP contribution in [-0.2, 0) is 6.42 Å². The molecular formula is C23H29BrO. The third-order valence-corrected chi connectivity index (χ3v) is 5.87. The van der Waals surface area contributed by atoms with Gasteiger partial charge in [-0.05, 0) is 69.9 Å². The Morgan fingerprint density at radius 1 is 0.960 bits per heavy atom. The second-order valence-electron chi connectivity index (χ2n) is 7.23. The molecule has 0 aliphatic heterocycles. The highest BCUT2D eigenvalue weighted by Crippen LogP contribution is 2.32. The molecule has 1 nitrogen and oxygen atoms in total. The van der Waals surface area contributed by atoms with E-state index in [2.05, 4.69) is 65.3 Å². The predicted molar refractivity (Wildman–Crippen MR) is 110 cm³/mol. The van der Waals surface area contributed by atoms with Crippen LogP contribution in [0, 0.1) is 5.92 Å². The molecule has 0 heterocycles. The highest BCUT2D eigenvalue weighted by atomic mass is 79.9. The van der Waals surface area contributed by atoms with Crippen molar-refractivity contribution in [3.05, 3.63) is 52.5 Å². The Bertz CT molecular complexity index is 656. The summed E-state index contributed by atoms with van der Waals surface area (Å²) in [6.45, 7) is 2.88. The zero-order chi connectivity index (χ0) is 17.5. The van der Waals surface area contributed by atoms with Crippen LogP contribution in [-0.4, -0.2) is 6.61 Å². The van der Waals surface area contributed by atoms with Gasteiger partial charge in [0, 0.05) is 0 Å². The molecule has 0 spiro atoms. The molecule has 0 bridgehead atoms. The van der Waals surface area contributed by atoms with E-state index in [1.165, 1.54) is 61.6 Å². The minimum absolute atomic E-state index is 0.758. The summed E-state index contributed by atoms with van der Waals surface area (Å²) in [6.07, 6.45) is 10.8. The van der Waals surface area contributed by atoms with E-state index in [1.54, 1.807) is 0 Å². The molecule has 0 aromatic heterocycles. The highest BCUT2D eigenvalue weighted by molar-refractivity contribution is 9.10.